The zero-order valence-electron chi connectivity index (χ0n) is 9.72. The third kappa shape index (κ3) is 3.15. The van der Waals surface area contributed by atoms with Crippen LogP contribution in [0.4, 0.5) is 0 Å². The lowest BCUT2D eigenvalue weighted by Gasteiger charge is -2.12. The van der Waals surface area contributed by atoms with E-state index in [1.54, 1.807) is 0 Å². The molecule has 1 nitrogen and oxygen atoms in total. The molecule has 1 rings (SSSR count). The maximum absolute atomic E-state index is 3.48. The van der Waals surface area contributed by atoms with Crippen LogP contribution >= 0.6 is 0 Å². The van der Waals surface area contributed by atoms with Crippen molar-refractivity contribution in [1.29, 1.82) is 0 Å². The van der Waals surface area contributed by atoms with E-state index in [-0.39, 0.29) is 0 Å². The van der Waals surface area contributed by atoms with Crippen LogP contribution in [0.15, 0.2) is 18.2 Å². The number of rotatable bonds is 4. The van der Waals surface area contributed by atoms with Crippen molar-refractivity contribution >= 4 is 0 Å². The number of nitrogens with one attached hydrogen (secondary N) is 1. The molecule has 0 amide bonds. The quantitative estimate of drug-likeness (QED) is 0.771. The predicted octanol–water partition coefficient (Wildman–Crippen LogP) is 3.05. The number of hydrogen-bond acceptors (Lipinski definition) is 1. The third-order valence-electron chi connectivity index (χ3n) is 2.50. The Morgan fingerprint density at radius 2 is 1.71 bits per heavy atom. The van der Waals surface area contributed by atoms with E-state index in [0.717, 1.165) is 19.0 Å². The molecular weight excluding hydrogens is 170 g/mol. The minimum atomic E-state index is 0.722. The maximum atomic E-state index is 3.48. The molecule has 1 N–H and O–H groups in total. The minimum absolute atomic E-state index is 0.722. The maximum Gasteiger partial charge on any atom is 0.0210 e. The number of aryl methyl sites for hydroxylation is 2. The summed E-state index contributed by atoms with van der Waals surface area (Å²) in [5.41, 5.74) is 4.23. The summed E-state index contributed by atoms with van der Waals surface area (Å²) in [5.74, 6) is 0.722. The zero-order chi connectivity index (χ0) is 10.6. The summed E-state index contributed by atoms with van der Waals surface area (Å²) in [6.45, 7) is 10.9. The van der Waals surface area contributed by atoms with E-state index in [9.17, 15) is 0 Å². The first-order chi connectivity index (χ1) is 6.61. The molecule has 0 saturated heterocycles. The van der Waals surface area contributed by atoms with Crippen molar-refractivity contribution in [1.82, 2.24) is 5.32 Å². The summed E-state index contributed by atoms with van der Waals surface area (Å²) in [6.07, 6.45) is 0. The van der Waals surface area contributed by atoms with Crippen LogP contribution in [0.5, 0.6) is 0 Å². The molecule has 0 atom stereocenters. The Hall–Kier alpha value is -0.820. The van der Waals surface area contributed by atoms with Crippen molar-refractivity contribution < 1.29 is 0 Å². The van der Waals surface area contributed by atoms with Crippen molar-refractivity contribution in [2.24, 2.45) is 5.92 Å². The third-order valence-corrected chi connectivity index (χ3v) is 2.50. The van der Waals surface area contributed by atoms with Crippen LogP contribution in [-0.2, 0) is 6.54 Å². The van der Waals surface area contributed by atoms with Crippen LogP contribution in [0.25, 0.3) is 0 Å². The summed E-state index contributed by atoms with van der Waals surface area (Å²) in [7, 11) is 0. The van der Waals surface area contributed by atoms with Crippen molar-refractivity contribution in [2.45, 2.75) is 34.2 Å². The van der Waals surface area contributed by atoms with Gasteiger partial charge >= 0.3 is 0 Å². The summed E-state index contributed by atoms with van der Waals surface area (Å²) < 4.78 is 0. The van der Waals surface area contributed by atoms with Crippen molar-refractivity contribution in [2.75, 3.05) is 6.54 Å². The van der Waals surface area contributed by atoms with Crippen LogP contribution in [0.2, 0.25) is 0 Å². The second kappa shape index (κ2) is 5.16. The van der Waals surface area contributed by atoms with Gasteiger partial charge in [-0.2, -0.15) is 0 Å². The molecule has 78 valence electrons. The van der Waals surface area contributed by atoms with E-state index in [0.29, 0.717) is 0 Å². The van der Waals surface area contributed by atoms with Crippen molar-refractivity contribution in [3.8, 4) is 0 Å². The van der Waals surface area contributed by atoms with E-state index < -0.39 is 0 Å². The van der Waals surface area contributed by atoms with Gasteiger partial charge in [0.1, 0.15) is 0 Å². The first-order valence-corrected chi connectivity index (χ1v) is 5.37. The summed E-state index contributed by atoms with van der Waals surface area (Å²) >= 11 is 0. The lowest BCUT2D eigenvalue weighted by Crippen LogP contribution is -2.20. The van der Waals surface area contributed by atoms with Crippen LogP contribution in [0, 0.1) is 19.8 Å². The Morgan fingerprint density at radius 3 is 2.21 bits per heavy atom. The van der Waals surface area contributed by atoms with Crippen molar-refractivity contribution in [3.05, 3.63) is 34.9 Å². The molecule has 0 aliphatic heterocycles. The molecule has 0 spiro atoms. The fourth-order valence-corrected chi connectivity index (χ4v) is 1.61. The van der Waals surface area contributed by atoms with Gasteiger partial charge in [-0.3, -0.25) is 0 Å². The van der Waals surface area contributed by atoms with Gasteiger partial charge in [0.15, 0.2) is 0 Å². The normalized spacial score (nSPS) is 10.9. The Labute approximate surface area is 87.5 Å². The number of hydrogen-bond donors (Lipinski definition) is 1. The van der Waals surface area contributed by atoms with E-state index in [2.05, 4.69) is 51.2 Å². The summed E-state index contributed by atoms with van der Waals surface area (Å²) in [6, 6.07) is 6.48. The van der Waals surface area contributed by atoms with Gasteiger partial charge in [-0.05, 0) is 43.0 Å². The Bertz CT molecular complexity index is 269. The van der Waals surface area contributed by atoms with Crippen LogP contribution in [0.1, 0.15) is 30.5 Å². The Morgan fingerprint density at radius 1 is 1.14 bits per heavy atom. The molecule has 0 heterocycles. The molecule has 0 radical (unpaired) electrons. The van der Waals surface area contributed by atoms with E-state index >= 15 is 0 Å². The van der Waals surface area contributed by atoms with Crippen LogP contribution in [-0.4, -0.2) is 6.54 Å². The van der Waals surface area contributed by atoms with Gasteiger partial charge in [0.2, 0.25) is 0 Å². The standard InChI is InChI=1S/C13H21N/c1-10(2)8-14-9-13-11(3)6-5-7-12(13)4/h5-7,10,14H,8-9H2,1-4H3. The van der Waals surface area contributed by atoms with Gasteiger partial charge < -0.3 is 5.32 Å². The van der Waals surface area contributed by atoms with Gasteiger partial charge in [0.25, 0.3) is 0 Å². The first kappa shape index (κ1) is 11.3. The zero-order valence-corrected chi connectivity index (χ0v) is 9.72. The highest BCUT2D eigenvalue weighted by molar-refractivity contribution is 5.33. The minimum Gasteiger partial charge on any atom is -0.312 e. The highest BCUT2D eigenvalue weighted by Crippen LogP contribution is 2.12. The predicted molar refractivity (Wildman–Crippen MR) is 62.5 cm³/mol. The average Bonchev–Trinajstić information content (AvgIpc) is 2.09. The Kier molecular flexibility index (Phi) is 4.15. The lowest BCUT2D eigenvalue weighted by atomic mass is 10.0. The van der Waals surface area contributed by atoms with Gasteiger partial charge in [0, 0.05) is 6.54 Å². The molecule has 0 aliphatic rings. The molecule has 0 aliphatic carbocycles. The molecule has 0 unspecified atom stereocenters. The van der Waals surface area contributed by atoms with Gasteiger partial charge in [-0.15, -0.1) is 0 Å². The molecule has 1 aromatic carbocycles. The molecule has 0 aromatic heterocycles. The Balaban J connectivity index is 2.58. The molecule has 0 saturated carbocycles. The molecule has 14 heavy (non-hydrogen) atoms. The van der Waals surface area contributed by atoms with E-state index in [1.807, 2.05) is 0 Å². The van der Waals surface area contributed by atoms with E-state index in [1.165, 1.54) is 16.7 Å². The fourth-order valence-electron chi connectivity index (χ4n) is 1.61. The highest BCUT2D eigenvalue weighted by atomic mass is 14.9. The van der Waals surface area contributed by atoms with Crippen LogP contribution in [0.3, 0.4) is 0 Å². The SMILES string of the molecule is Cc1cccc(C)c1CNCC(C)C. The molecule has 1 aromatic rings. The molecule has 0 fully saturated rings. The smallest absolute Gasteiger partial charge is 0.0210 e. The highest BCUT2D eigenvalue weighted by Gasteiger charge is 2.01. The largest absolute Gasteiger partial charge is 0.312 e. The summed E-state index contributed by atoms with van der Waals surface area (Å²) in [4.78, 5) is 0. The lowest BCUT2D eigenvalue weighted by molar-refractivity contribution is 0.551. The van der Waals surface area contributed by atoms with Crippen LogP contribution < -0.4 is 5.32 Å². The molecule has 0 bridgehead atoms. The van der Waals surface area contributed by atoms with Gasteiger partial charge in [0.05, 0.1) is 0 Å². The first-order valence-electron chi connectivity index (χ1n) is 5.37. The fraction of sp³-hybridized carbons (Fsp3) is 0.538. The molecule has 1 heteroatoms. The average molecular weight is 191 g/mol. The van der Waals surface area contributed by atoms with Gasteiger partial charge in [-0.25, -0.2) is 0 Å². The van der Waals surface area contributed by atoms with Crippen molar-refractivity contribution in [3.63, 3.8) is 0 Å². The summed E-state index contributed by atoms with van der Waals surface area (Å²) in [5, 5.41) is 3.48. The number of benzene rings is 1. The second-order valence-corrected chi connectivity index (χ2v) is 4.40. The topological polar surface area (TPSA) is 12.0 Å². The monoisotopic (exact) mass is 191 g/mol. The molecular formula is C13H21N. The van der Waals surface area contributed by atoms with Gasteiger partial charge in [-0.1, -0.05) is 32.0 Å². The second-order valence-electron chi connectivity index (χ2n) is 4.40. The van der Waals surface area contributed by atoms with E-state index in [4.69, 9.17) is 0 Å².